The molecule has 1 heterocycles. The van der Waals surface area contributed by atoms with Crippen molar-refractivity contribution < 1.29 is 17.3 Å². The van der Waals surface area contributed by atoms with E-state index in [1.807, 2.05) is 0 Å². The van der Waals surface area contributed by atoms with E-state index in [2.05, 4.69) is 20.4 Å². The van der Waals surface area contributed by atoms with E-state index in [0.29, 0.717) is 12.0 Å². The van der Waals surface area contributed by atoms with Crippen LogP contribution in [0.25, 0.3) is 6.08 Å². The first-order chi connectivity index (χ1) is 10.8. The van der Waals surface area contributed by atoms with Crippen LogP contribution in [0.1, 0.15) is 38.7 Å². The molecule has 1 aromatic rings. The van der Waals surface area contributed by atoms with Gasteiger partial charge < -0.3 is 4.74 Å². The van der Waals surface area contributed by atoms with E-state index >= 15 is 0 Å². The fraction of sp³-hybridized carbons (Fsp3) is 0.556. The van der Waals surface area contributed by atoms with Crippen molar-refractivity contribution in [1.82, 2.24) is 0 Å². The lowest BCUT2D eigenvalue weighted by atomic mass is 9.77. The number of fused-ring (bicyclic) bond motifs is 1. The van der Waals surface area contributed by atoms with Crippen LogP contribution in [0, 0.1) is 11.8 Å². The summed E-state index contributed by atoms with van der Waals surface area (Å²) in [5.74, 6) is 0.667. The van der Waals surface area contributed by atoms with Gasteiger partial charge in [0.15, 0.2) is 0 Å². The molecule has 0 bridgehead atoms. The second-order valence-electron chi connectivity index (χ2n) is 6.94. The van der Waals surface area contributed by atoms with Crippen molar-refractivity contribution in [2.24, 2.45) is 11.8 Å². The fourth-order valence-corrected chi connectivity index (χ4v) is 4.36. The van der Waals surface area contributed by atoms with Crippen molar-refractivity contribution in [3.8, 4) is 0 Å². The minimum atomic E-state index is -3.70. The molecule has 0 N–H and O–H groups in total. The number of hydrogen-bond donors (Lipinski definition) is 0. The highest BCUT2D eigenvalue weighted by atomic mass is 32.2. The van der Waals surface area contributed by atoms with Crippen molar-refractivity contribution in [3.63, 3.8) is 0 Å². The van der Waals surface area contributed by atoms with E-state index in [1.54, 1.807) is 30.3 Å². The SMILES string of the molecule is C=Cc1ccc(S(=O)(=O)OCC(C)C2CCC3(C)OC3C2)cc1. The first-order valence-corrected chi connectivity index (χ1v) is 9.55. The summed E-state index contributed by atoms with van der Waals surface area (Å²) in [6.07, 6.45) is 5.17. The van der Waals surface area contributed by atoms with Crippen LogP contribution >= 0.6 is 0 Å². The molecule has 2 fully saturated rings. The Bertz CT molecular complexity index is 679. The summed E-state index contributed by atoms with van der Waals surface area (Å²) in [6.45, 7) is 8.10. The predicted molar refractivity (Wildman–Crippen MR) is 89.5 cm³/mol. The maximum atomic E-state index is 12.3. The zero-order valence-electron chi connectivity index (χ0n) is 13.7. The lowest BCUT2D eigenvalue weighted by Crippen LogP contribution is -2.28. The molecule has 3 rings (SSSR count). The van der Waals surface area contributed by atoms with Gasteiger partial charge in [-0.05, 0) is 55.7 Å². The van der Waals surface area contributed by atoms with Crippen LogP contribution in [0.2, 0.25) is 0 Å². The van der Waals surface area contributed by atoms with E-state index < -0.39 is 10.1 Å². The molecule has 0 aromatic heterocycles. The maximum Gasteiger partial charge on any atom is 0.296 e. The molecule has 4 unspecified atom stereocenters. The monoisotopic (exact) mass is 336 g/mol. The van der Waals surface area contributed by atoms with Gasteiger partial charge in [-0.25, -0.2) is 0 Å². The molecule has 0 radical (unpaired) electrons. The molecule has 1 aromatic carbocycles. The van der Waals surface area contributed by atoms with Crippen LogP contribution in [0.3, 0.4) is 0 Å². The molecular weight excluding hydrogens is 312 g/mol. The summed E-state index contributed by atoms with van der Waals surface area (Å²) in [4.78, 5) is 0.192. The summed E-state index contributed by atoms with van der Waals surface area (Å²) in [5, 5.41) is 0. The van der Waals surface area contributed by atoms with Gasteiger partial charge in [0.05, 0.1) is 23.2 Å². The third kappa shape index (κ3) is 3.52. The van der Waals surface area contributed by atoms with Crippen molar-refractivity contribution in [2.75, 3.05) is 6.61 Å². The second-order valence-corrected chi connectivity index (χ2v) is 8.56. The highest BCUT2D eigenvalue weighted by molar-refractivity contribution is 7.86. The molecule has 126 valence electrons. The first kappa shape index (κ1) is 16.7. The van der Waals surface area contributed by atoms with Gasteiger partial charge in [-0.1, -0.05) is 31.7 Å². The summed E-state index contributed by atoms with van der Waals surface area (Å²) in [7, 11) is -3.70. The van der Waals surface area contributed by atoms with E-state index in [-0.39, 0.29) is 23.0 Å². The number of benzene rings is 1. The average molecular weight is 336 g/mol. The number of ether oxygens (including phenoxy) is 1. The molecule has 1 aliphatic heterocycles. The highest BCUT2D eigenvalue weighted by Gasteiger charge is 2.55. The number of hydrogen-bond acceptors (Lipinski definition) is 4. The molecule has 23 heavy (non-hydrogen) atoms. The zero-order chi connectivity index (χ0) is 16.7. The van der Waals surface area contributed by atoms with Gasteiger partial charge in [0.25, 0.3) is 10.1 Å². The lowest BCUT2D eigenvalue weighted by Gasteiger charge is -2.27. The van der Waals surface area contributed by atoms with Gasteiger partial charge in [0, 0.05) is 0 Å². The van der Waals surface area contributed by atoms with Gasteiger partial charge in [-0.15, -0.1) is 0 Å². The Balaban J connectivity index is 1.56. The van der Waals surface area contributed by atoms with Crippen LogP contribution in [0.15, 0.2) is 35.7 Å². The molecule has 0 spiro atoms. The quantitative estimate of drug-likeness (QED) is 0.588. The lowest BCUT2D eigenvalue weighted by molar-refractivity contribution is 0.181. The molecule has 1 aliphatic carbocycles. The van der Waals surface area contributed by atoms with E-state index in [4.69, 9.17) is 8.92 Å². The third-order valence-corrected chi connectivity index (χ3v) is 6.55. The van der Waals surface area contributed by atoms with Crippen molar-refractivity contribution in [1.29, 1.82) is 0 Å². The Labute approximate surface area is 138 Å². The van der Waals surface area contributed by atoms with E-state index in [1.165, 1.54) is 0 Å². The van der Waals surface area contributed by atoms with Crippen molar-refractivity contribution in [3.05, 3.63) is 36.4 Å². The highest BCUT2D eigenvalue weighted by Crippen LogP contribution is 2.50. The van der Waals surface area contributed by atoms with Crippen LogP contribution < -0.4 is 0 Å². The normalized spacial score (nSPS) is 31.2. The number of rotatable bonds is 6. The summed E-state index contributed by atoms with van der Waals surface area (Å²) in [5.41, 5.74) is 0.975. The number of epoxide rings is 1. The van der Waals surface area contributed by atoms with E-state index in [9.17, 15) is 8.42 Å². The standard InChI is InChI=1S/C18H24O4S/c1-4-14-5-7-16(8-6-14)23(19,20)21-12-13(2)15-9-10-18(3)17(11-15)22-18/h4-8,13,15,17H,1,9-12H2,2-3H3. The Hall–Kier alpha value is -1.17. The fourth-order valence-electron chi connectivity index (χ4n) is 3.36. The molecule has 4 atom stereocenters. The van der Waals surface area contributed by atoms with Crippen molar-refractivity contribution >= 4 is 16.2 Å². The van der Waals surface area contributed by atoms with Gasteiger partial charge in [0.2, 0.25) is 0 Å². The molecule has 0 amide bonds. The predicted octanol–water partition coefficient (Wildman–Crippen LogP) is 3.63. The average Bonchev–Trinajstić information content (AvgIpc) is 3.23. The molecule has 1 saturated carbocycles. The molecule has 5 heteroatoms. The van der Waals surface area contributed by atoms with Crippen LogP contribution in [0.5, 0.6) is 0 Å². The Morgan fingerprint density at radius 3 is 2.74 bits per heavy atom. The summed E-state index contributed by atoms with van der Waals surface area (Å²) >= 11 is 0. The van der Waals surface area contributed by atoms with Crippen LogP contribution in [-0.4, -0.2) is 26.7 Å². The van der Waals surface area contributed by atoms with Gasteiger partial charge in [-0.2, -0.15) is 8.42 Å². The molecule has 2 aliphatic rings. The van der Waals surface area contributed by atoms with Gasteiger partial charge in [0.1, 0.15) is 0 Å². The zero-order valence-corrected chi connectivity index (χ0v) is 14.5. The minimum absolute atomic E-state index is 0.0933. The molecule has 4 nitrogen and oxygen atoms in total. The van der Waals surface area contributed by atoms with E-state index in [0.717, 1.165) is 24.8 Å². The summed E-state index contributed by atoms with van der Waals surface area (Å²) < 4.78 is 35.5. The van der Waals surface area contributed by atoms with Crippen LogP contribution in [0.4, 0.5) is 0 Å². The summed E-state index contributed by atoms with van der Waals surface area (Å²) in [6, 6.07) is 6.56. The molecule has 1 saturated heterocycles. The Morgan fingerprint density at radius 1 is 1.43 bits per heavy atom. The Morgan fingerprint density at radius 2 is 2.13 bits per heavy atom. The van der Waals surface area contributed by atoms with Crippen molar-refractivity contribution in [2.45, 2.75) is 49.7 Å². The topological polar surface area (TPSA) is 55.9 Å². The molecular formula is C18H24O4S. The second kappa shape index (κ2) is 6.04. The largest absolute Gasteiger partial charge is 0.366 e. The smallest absolute Gasteiger partial charge is 0.296 e. The maximum absolute atomic E-state index is 12.3. The third-order valence-electron chi connectivity index (χ3n) is 5.26. The Kier molecular flexibility index (Phi) is 4.38. The first-order valence-electron chi connectivity index (χ1n) is 8.14. The van der Waals surface area contributed by atoms with Gasteiger partial charge >= 0.3 is 0 Å². The van der Waals surface area contributed by atoms with Crippen LogP contribution in [-0.2, 0) is 19.0 Å². The van der Waals surface area contributed by atoms with Gasteiger partial charge in [-0.3, -0.25) is 4.18 Å². The minimum Gasteiger partial charge on any atom is -0.366 e.